The molecular weight excluding hydrogens is 294 g/mol. The smallest absolute Gasteiger partial charge is 0.407 e. The van der Waals surface area contributed by atoms with E-state index in [1.54, 1.807) is 0 Å². The fourth-order valence-electron chi connectivity index (χ4n) is 2.84. The Bertz CT molecular complexity index is 404. The third-order valence-electron chi connectivity index (χ3n) is 3.85. The first-order valence-electron chi connectivity index (χ1n) is 8.61. The van der Waals surface area contributed by atoms with E-state index < -0.39 is 5.60 Å². The lowest BCUT2D eigenvalue weighted by molar-refractivity contribution is -0.123. The molecule has 0 aliphatic heterocycles. The summed E-state index contributed by atoms with van der Waals surface area (Å²) in [4.78, 5) is 23.8. The fourth-order valence-corrected chi connectivity index (χ4v) is 2.84. The summed E-state index contributed by atoms with van der Waals surface area (Å²) in [5.74, 6) is 0.350. The van der Waals surface area contributed by atoms with Crippen molar-refractivity contribution in [2.24, 2.45) is 5.92 Å². The number of nitrogens with one attached hydrogen (secondary N) is 3. The Kier molecular flexibility index (Phi) is 7.32. The summed E-state index contributed by atoms with van der Waals surface area (Å²) in [5.41, 5.74) is -0.485. The van der Waals surface area contributed by atoms with Gasteiger partial charge in [0.15, 0.2) is 0 Å². The standard InChI is InChI=1S/C17H33N3O3/c1-11(2)19-15(21)12(3)20-14-9-7-8-13(14)10-18-16(22)23-17(4,5)6/h11-14,20H,7-10H2,1-6H3,(H,18,22)(H,19,21). The van der Waals surface area contributed by atoms with Gasteiger partial charge < -0.3 is 20.7 Å². The highest BCUT2D eigenvalue weighted by Gasteiger charge is 2.30. The zero-order valence-corrected chi connectivity index (χ0v) is 15.4. The molecule has 0 heterocycles. The molecule has 0 spiro atoms. The molecule has 1 rings (SSSR count). The molecule has 2 amide bonds. The topological polar surface area (TPSA) is 79.5 Å². The lowest BCUT2D eigenvalue weighted by Gasteiger charge is -2.26. The van der Waals surface area contributed by atoms with Gasteiger partial charge in [-0.05, 0) is 60.3 Å². The first kappa shape index (κ1) is 19.7. The normalized spacial score (nSPS) is 22.7. The summed E-state index contributed by atoms with van der Waals surface area (Å²) in [6.45, 7) is 11.9. The van der Waals surface area contributed by atoms with Crippen molar-refractivity contribution in [3.05, 3.63) is 0 Å². The van der Waals surface area contributed by atoms with Crippen LogP contribution in [0.4, 0.5) is 4.79 Å². The second kappa shape index (κ2) is 8.52. The van der Waals surface area contributed by atoms with Crippen molar-refractivity contribution in [1.29, 1.82) is 0 Å². The van der Waals surface area contributed by atoms with Crippen LogP contribution < -0.4 is 16.0 Å². The van der Waals surface area contributed by atoms with Crippen LogP contribution in [0, 0.1) is 5.92 Å². The zero-order chi connectivity index (χ0) is 17.6. The molecule has 0 aromatic rings. The number of alkyl carbamates (subject to hydrolysis) is 1. The molecule has 0 radical (unpaired) electrons. The average molecular weight is 327 g/mol. The molecular formula is C17H33N3O3. The van der Waals surface area contributed by atoms with E-state index in [1.807, 2.05) is 41.5 Å². The van der Waals surface area contributed by atoms with Crippen molar-refractivity contribution in [2.45, 2.75) is 84.5 Å². The quantitative estimate of drug-likeness (QED) is 0.698. The minimum atomic E-state index is -0.485. The van der Waals surface area contributed by atoms with Gasteiger partial charge in [0.05, 0.1) is 6.04 Å². The SMILES string of the molecule is CC(C)NC(=O)C(C)NC1CCCC1CNC(=O)OC(C)(C)C. The Labute approximate surface area is 140 Å². The van der Waals surface area contributed by atoms with Crippen LogP contribution in [0.15, 0.2) is 0 Å². The number of hydrogen-bond donors (Lipinski definition) is 3. The number of carbonyl (C=O) groups excluding carboxylic acids is 2. The van der Waals surface area contributed by atoms with Crippen molar-refractivity contribution in [3.63, 3.8) is 0 Å². The van der Waals surface area contributed by atoms with Gasteiger partial charge >= 0.3 is 6.09 Å². The average Bonchev–Trinajstić information content (AvgIpc) is 2.80. The molecule has 0 bridgehead atoms. The maximum atomic E-state index is 12.0. The number of amides is 2. The molecule has 3 atom stereocenters. The van der Waals surface area contributed by atoms with Crippen LogP contribution in [0.5, 0.6) is 0 Å². The molecule has 1 aliphatic rings. The number of rotatable bonds is 6. The molecule has 0 aromatic heterocycles. The molecule has 3 unspecified atom stereocenters. The molecule has 0 saturated heterocycles. The van der Waals surface area contributed by atoms with Gasteiger partial charge in [-0.25, -0.2) is 4.79 Å². The Balaban J connectivity index is 2.42. The van der Waals surface area contributed by atoms with E-state index >= 15 is 0 Å². The first-order chi connectivity index (χ1) is 10.6. The molecule has 1 fully saturated rings. The molecule has 134 valence electrons. The van der Waals surface area contributed by atoms with E-state index in [1.165, 1.54) is 0 Å². The lowest BCUT2D eigenvalue weighted by Crippen LogP contribution is -2.50. The highest BCUT2D eigenvalue weighted by Crippen LogP contribution is 2.25. The number of hydrogen-bond acceptors (Lipinski definition) is 4. The molecule has 1 aliphatic carbocycles. The Morgan fingerprint density at radius 1 is 1.17 bits per heavy atom. The summed E-state index contributed by atoms with van der Waals surface area (Å²) in [6, 6.07) is 0.155. The zero-order valence-electron chi connectivity index (χ0n) is 15.4. The van der Waals surface area contributed by atoms with Gasteiger partial charge in [-0.1, -0.05) is 6.42 Å². The van der Waals surface area contributed by atoms with Crippen LogP contribution in [-0.4, -0.2) is 42.3 Å². The van der Waals surface area contributed by atoms with Gasteiger partial charge in [0.2, 0.25) is 5.91 Å². The summed E-state index contributed by atoms with van der Waals surface area (Å²) in [5, 5.41) is 9.16. The lowest BCUT2D eigenvalue weighted by atomic mass is 10.0. The molecule has 3 N–H and O–H groups in total. The van der Waals surface area contributed by atoms with Crippen LogP contribution >= 0.6 is 0 Å². The van der Waals surface area contributed by atoms with E-state index in [0.717, 1.165) is 19.3 Å². The molecule has 0 aromatic carbocycles. The van der Waals surface area contributed by atoms with Crippen LogP contribution in [0.2, 0.25) is 0 Å². The highest BCUT2D eigenvalue weighted by atomic mass is 16.6. The Hall–Kier alpha value is -1.30. The van der Waals surface area contributed by atoms with Gasteiger partial charge in [0.1, 0.15) is 5.60 Å². The van der Waals surface area contributed by atoms with Crippen molar-refractivity contribution in [3.8, 4) is 0 Å². The van der Waals surface area contributed by atoms with E-state index in [4.69, 9.17) is 4.74 Å². The summed E-state index contributed by atoms with van der Waals surface area (Å²) < 4.78 is 5.26. The summed E-state index contributed by atoms with van der Waals surface area (Å²) in [7, 11) is 0. The summed E-state index contributed by atoms with van der Waals surface area (Å²) >= 11 is 0. The Morgan fingerprint density at radius 2 is 1.83 bits per heavy atom. The molecule has 6 nitrogen and oxygen atoms in total. The molecule has 6 heteroatoms. The van der Waals surface area contributed by atoms with Crippen LogP contribution in [-0.2, 0) is 9.53 Å². The predicted octanol–water partition coefficient (Wildman–Crippen LogP) is 2.18. The van der Waals surface area contributed by atoms with E-state index in [0.29, 0.717) is 12.5 Å². The first-order valence-corrected chi connectivity index (χ1v) is 8.61. The third-order valence-corrected chi connectivity index (χ3v) is 3.85. The maximum Gasteiger partial charge on any atom is 0.407 e. The van der Waals surface area contributed by atoms with Gasteiger partial charge in [-0.15, -0.1) is 0 Å². The third kappa shape index (κ3) is 7.68. The monoisotopic (exact) mass is 327 g/mol. The van der Waals surface area contributed by atoms with Crippen molar-refractivity contribution >= 4 is 12.0 Å². The number of carbonyl (C=O) groups is 2. The van der Waals surface area contributed by atoms with Gasteiger partial charge in [0, 0.05) is 18.6 Å². The minimum absolute atomic E-state index is 0.0192. The van der Waals surface area contributed by atoms with E-state index in [-0.39, 0.29) is 30.1 Å². The molecule has 23 heavy (non-hydrogen) atoms. The van der Waals surface area contributed by atoms with Crippen molar-refractivity contribution in [2.75, 3.05) is 6.54 Å². The van der Waals surface area contributed by atoms with E-state index in [9.17, 15) is 9.59 Å². The maximum absolute atomic E-state index is 12.0. The highest BCUT2D eigenvalue weighted by molar-refractivity contribution is 5.81. The van der Waals surface area contributed by atoms with E-state index in [2.05, 4.69) is 16.0 Å². The summed E-state index contributed by atoms with van der Waals surface area (Å²) in [6.07, 6.45) is 2.80. The molecule has 1 saturated carbocycles. The second-order valence-electron chi connectivity index (χ2n) is 7.73. The van der Waals surface area contributed by atoms with Gasteiger partial charge in [-0.2, -0.15) is 0 Å². The second-order valence-corrected chi connectivity index (χ2v) is 7.73. The Morgan fingerprint density at radius 3 is 2.39 bits per heavy atom. The number of ether oxygens (including phenoxy) is 1. The van der Waals surface area contributed by atoms with Gasteiger partial charge in [0.25, 0.3) is 0 Å². The van der Waals surface area contributed by atoms with Crippen molar-refractivity contribution < 1.29 is 14.3 Å². The predicted molar refractivity (Wildman–Crippen MR) is 91.2 cm³/mol. The van der Waals surface area contributed by atoms with Crippen LogP contribution in [0.1, 0.15) is 60.8 Å². The van der Waals surface area contributed by atoms with Crippen LogP contribution in [0.25, 0.3) is 0 Å². The fraction of sp³-hybridized carbons (Fsp3) is 0.882. The largest absolute Gasteiger partial charge is 0.444 e. The van der Waals surface area contributed by atoms with Crippen LogP contribution in [0.3, 0.4) is 0 Å². The van der Waals surface area contributed by atoms with Crippen molar-refractivity contribution in [1.82, 2.24) is 16.0 Å². The minimum Gasteiger partial charge on any atom is -0.444 e. The van der Waals surface area contributed by atoms with Gasteiger partial charge in [-0.3, -0.25) is 4.79 Å².